The first kappa shape index (κ1) is 16.3. The van der Waals surface area contributed by atoms with E-state index in [9.17, 15) is 0 Å². The van der Waals surface area contributed by atoms with E-state index >= 15 is 0 Å². The molecular weight excluding hydrogens is 260 g/mol. The molecule has 1 N–H and O–H groups in total. The van der Waals surface area contributed by atoms with Gasteiger partial charge < -0.3 is 15.0 Å². The highest BCUT2D eigenvalue weighted by atomic mass is 35.5. The third-order valence-electron chi connectivity index (χ3n) is 3.50. The van der Waals surface area contributed by atoms with E-state index in [1.165, 1.54) is 0 Å². The maximum Gasteiger partial charge on any atom is 0.0663 e. The minimum atomic E-state index is 0.257. The third-order valence-corrected chi connectivity index (χ3v) is 3.82. The van der Waals surface area contributed by atoms with E-state index in [1.807, 2.05) is 13.1 Å². The van der Waals surface area contributed by atoms with Gasteiger partial charge in [0, 0.05) is 36.4 Å². The number of ether oxygens (including phenoxy) is 1. The van der Waals surface area contributed by atoms with Crippen molar-refractivity contribution in [1.29, 1.82) is 0 Å². The number of benzene rings is 1. The fraction of sp³-hybridized carbons (Fsp3) is 0.600. The van der Waals surface area contributed by atoms with Crippen LogP contribution >= 0.6 is 11.6 Å². The van der Waals surface area contributed by atoms with Gasteiger partial charge in [-0.1, -0.05) is 17.7 Å². The number of nitrogens with zero attached hydrogens (tertiary/aromatic N) is 1. The van der Waals surface area contributed by atoms with Gasteiger partial charge in [0.2, 0.25) is 0 Å². The van der Waals surface area contributed by atoms with Crippen molar-refractivity contribution in [2.75, 3.05) is 32.2 Å². The van der Waals surface area contributed by atoms with E-state index in [1.54, 1.807) is 7.11 Å². The monoisotopic (exact) mass is 284 g/mol. The second-order valence-electron chi connectivity index (χ2n) is 4.81. The van der Waals surface area contributed by atoms with Crippen molar-refractivity contribution in [3.8, 4) is 0 Å². The van der Waals surface area contributed by atoms with Crippen LogP contribution in [0.2, 0.25) is 5.02 Å². The van der Waals surface area contributed by atoms with Crippen LogP contribution < -0.4 is 10.2 Å². The minimum Gasteiger partial charge on any atom is -0.383 e. The minimum absolute atomic E-state index is 0.257. The Kier molecular flexibility index (Phi) is 6.63. The zero-order valence-corrected chi connectivity index (χ0v) is 13.3. The number of likely N-dealkylation sites (N-methyl/N-ethyl adjacent to an activating group) is 1. The molecule has 0 aliphatic rings. The molecule has 0 saturated carbocycles. The summed E-state index contributed by atoms with van der Waals surface area (Å²) in [5.74, 6) is 0. The van der Waals surface area contributed by atoms with E-state index in [4.69, 9.17) is 16.3 Å². The first-order valence-electron chi connectivity index (χ1n) is 6.77. The molecule has 0 aliphatic carbocycles. The van der Waals surface area contributed by atoms with Gasteiger partial charge in [-0.2, -0.15) is 0 Å². The summed E-state index contributed by atoms with van der Waals surface area (Å²) >= 11 is 6.39. The fourth-order valence-electron chi connectivity index (χ4n) is 2.28. The number of hydrogen-bond donors (Lipinski definition) is 1. The van der Waals surface area contributed by atoms with Gasteiger partial charge in [-0.05, 0) is 45.5 Å². The zero-order valence-electron chi connectivity index (χ0n) is 12.5. The van der Waals surface area contributed by atoms with Crippen LogP contribution in [0.4, 0.5) is 5.69 Å². The molecule has 19 heavy (non-hydrogen) atoms. The van der Waals surface area contributed by atoms with Gasteiger partial charge in [0.1, 0.15) is 0 Å². The zero-order chi connectivity index (χ0) is 14.4. The molecule has 3 nitrogen and oxygen atoms in total. The van der Waals surface area contributed by atoms with Crippen LogP contribution in [-0.2, 0) is 4.74 Å². The number of rotatable bonds is 7. The van der Waals surface area contributed by atoms with Crippen molar-refractivity contribution in [1.82, 2.24) is 5.32 Å². The number of halogens is 1. The largest absolute Gasteiger partial charge is 0.383 e. The molecule has 108 valence electrons. The summed E-state index contributed by atoms with van der Waals surface area (Å²) in [6.45, 7) is 8.04. The lowest BCUT2D eigenvalue weighted by Crippen LogP contribution is -2.36. The highest BCUT2D eigenvalue weighted by Crippen LogP contribution is 2.28. The number of anilines is 1. The summed E-state index contributed by atoms with van der Waals surface area (Å²) in [7, 11) is 3.67. The summed E-state index contributed by atoms with van der Waals surface area (Å²) < 4.78 is 5.23. The van der Waals surface area contributed by atoms with Crippen LogP contribution in [0.1, 0.15) is 32.4 Å². The molecule has 0 radical (unpaired) electrons. The van der Waals surface area contributed by atoms with Crippen LogP contribution in [0.3, 0.4) is 0 Å². The summed E-state index contributed by atoms with van der Waals surface area (Å²) in [6, 6.07) is 6.86. The predicted molar refractivity (Wildman–Crippen MR) is 83.3 cm³/mol. The van der Waals surface area contributed by atoms with Crippen LogP contribution in [0.15, 0.2) is 18.2 Å². The van der Waals surface area contributed by atoms with E-state index in [-0.39, 0.29) is 6.04 Å². The molecule has 0 spiro atoms. The first-order chi connectivity index (χ1) is 9.04. The van der Waals surface area contributed by atoms with E-state index in [0.717, 1.165) is 22.8 Å². The Balaban J connectivity index is 2.97. The second-order valence-corrected chi connectivity index (χ2v) is 5.21. The standard InChI is InChI=1S/C15H25ClN2O/c1-6-18(11(2)10-19-5)13-7-8-14(12(3)17-4)15(16)9-13/h7-9,11-12,17H,6,10H2,1-5H3. The summed E-state index contributed by atoms with van der Waals surface area (Å²) in [4.78, 5) is 2.29. The molecule has 1 aromatic rings. The normalized spacial score (nSPS) is 14.2. The van der Waals surface area contributed by atoms with Gasteiger partial charge >= 0.3 is 0 Å². The lowest BCUT2D eigenvalue weighted by atomic mass is 10.1. The van der Waals surface area contributed by atoms with Gasteiger partial charge in [-0.3, -0.25) is 0 Å². The molecule has 0 aromatic heterocycles. The Bertz CT molecular complexity index is 398. The quantitative estimate of drug-likeness (QED) is 0.830. The number of nitrogens with one attached hydrogen (secondary N) is 1. The van der Waals surface area contributed by atoms with E-state index < -0.39 is 0 Å². The molecule has 2 unspecified atom stereocenters. The SMILES string of the molecule is CCN(c1ccc(C(C)NC)c(Cl)c1)C(C)COC. The van der Waals surface area contributed by atoms with Crippen molar-refractivity contribution in [3.05, 3.63) is 28.8 Å². The smallest absolute Gasteiger partial charge is 0.0663 e. The molecule has 0 heterocycles. The van der Waals surface area contributed by atoms with Crippen LogP contribution in [0.25, 0.3) is 0 Å². The molecule has 0 bridgehead atoms. The van der Waals surface area contributed by atoms with Crippen molar-refractivity contribution >= 4 is 17.3 Å². The van der Waals surface area contributed by atoms with Crippen molar-refractivity contribution in [2.24, 2.45) is 0 Å². The van der Waals surface area contributed by atoms with Crippen molar-refractivity contribution in [3.63, 3.8) is 0 Å². The van der Waals surface area contributed by atoms with E-state index in [0.29, 0.717) is 12.6 Å². The molecule has 0 aliphatic heterocycles. The average molecular weight is 285 g/mol. The molecular formula is C15H25ClN2O. The third kappa shape index (κ3) is 4.10. The summed E-state index contributed by atoms with van der Waals surface area (Å²) in [6.07, 6.45) is 0. The lowest BCUT2D eigenvalue weighted by molar-refractivity contribution is 0.182. The van der Waals surface area contributed by atoms with Crippen molar-refractivity contribution < 1.29 is 4.74 Å². The first-order valence-corrected chi connectivity index (χ1v) is 7.15. The van der Waals surface area contributed by atoms with Gasteiger partial charge in [-0.15, -0.1) is 0 Å². The Morgan fingerprint density at radius 2 is 2.05 bits per heavy atom. The summed E-state index contributed by atoms with van der Waals surface area (Å²) in [5.41, 5.74) is 2.27. The Morgan fingerprint density at radius 3 is 2.53 bits per heavy atom. The molecule has 4 heteroatoms. The van der Waals surface area contributed by atoms with Gasteiger partial charge in [0.25, 0.3) is 0 Å². The van der Waals surface area contributed by atoms with Gasteiger partial charge in [0.05, 0.1) is 6.61 Å². The Labute approximate surface area is 121 Å². The maximum absolute atomic E-state index is 6.39. The summed E-state index contributed by atoms with van der Waals surface area (Å²) in [5, 5.41) is 4.02. The van der Waals surface area contributed by atoms with Crippen LogP contribution in [0.5, 0.6) is 0 Å². The van der Waals surface area contributed by atoms with Gasteiger partial charge in [0.15, 0.2) is 0 Å². The lowest BCUT2D eigenvalue weighted by Gasteiger charge is -2.30. The molecule has 1 aromatic carbocycles. The molecule has 0 saturated heterocycles. The maximum atomic E-state index is 6.39. The molecule has 0 amide bonds. The second kappa shape index (κ2) is 7.73. The topological polar surface area (TPSA) is 24.5 Å². The van der Waals surface area contributed by atoms with Crippen LogP contribution in [0, 0.1) is 0 Å². The highest BCUT2D eigenvalue weighted by molar-refractivity contribution is 6.31. The average Bonchev–Trinajstić information content (AvgIpc) is 2.39. The van der Waals surface area contributed by atoms with Crippen molar-refractivity contribution in [2.45, 2.75) is 32.9 Å². The Hall–Kier alpha value is -0.770. The van der Waals surface area contributed by atoms with Gasteiger partial charge in [-0.25, -0.2) is 0 Å². The Morgan fingerprint density at radius 1 is 1.37 bits per heavy atom. The molecule has 1 rings (SSSR count). The molecule has 2 atom stereocenters. The molecule has 0 fully saturated rings. The van der Waals surface area contributed by atoms with Crippen LogP contribution in [-0.4, -0.2) is 33.4 Å². The number of methoxy groups -OCH3 is 1. The highest BCUT2D eigenvalue weighted by Gasteiger charge is 2.15. The predicted octanol–water partition coefficient (Wildman–Crippen LogP) is 3.48. The number of hydrogen-bond acceptors (Lipinski definition) is 3. The fourth-order valence-corrected chi connectivity index (χ4v) is 2.62. The van der Waals surface area contributed by atoms with E-state index in [2.05, 4.69) is 43.1 Å².